The molecule has 1 aliphatic carbocycles. The van der Waals surface area contributed by atoms with Crippen molar-refractivity contribution < 1.29 is 23.1 Å². The van der Waals surface area contributed by atoms with E-state index in [1.807, 2.05) is 0 Å². The number of urea groups is 1. The van der Waals surface area contributed by atoms with Gasteiger partial charge in [0, 0.05) is 12.8 Å². The molecular weight excluding hydrogens is 296 g/mol. The number of rotatable bonds is 7. The maximum Gasteiger partial charge on any atom is 0.326 e. The van der Waals surface area contributed by atoms with E-state index in [1.54, 1.807) is 0 Å². The van der Waals surface area contributed by atoms with Gasteiger partial charge in [0.05, 0.1) is 5.75 Å². The molecule has 8 heteroatoms. The quantitative estimate of drug-likeness (QED) is 0.641. The fourth-order valence-electron chi connectivity index (χ4n) is 2.50. The van der Waals surface area contributed by atoms with Crippen molar-refractivity contribution in [3.8, 4) is 0 Å². The molecule has 0 aromatic heterocycles. The molecule has 1 aliphatic rings. The molecule has 21 heavy (non-hydrogen) atoms. The number of amides is 2. The van der Waals surface area contributed by atoms with Gasteiger partial charge in [0.1, 0.15) is 15.9 Å². The third kappa shape index (κ3) is 6.79. The Labute approximate surface area is 125 Å². The van der Waals surface area contributed by atoms with Crippen LogP contribution in [-0.2, 0) is 14.6 Å². The van der Waals surface area contributed by atoms with E-state index in [2.05, 4.69) is 17.6 Å². The molecule has 1 atom stereocenters. The molecule has 1 saturated carbocycles. The zero-order chi connectivity index (χ0) is 16.1. The number of hydrogen-bond acceptors (Lipinski definition) is 4. The predicted molar refractivity (Wildman–Crippen MR) is 78.9 cm³/mol. The van der Waals surface area contributed by atoms with Crippen molar-refractivity contribution in [3.63, 3.8) is 0 Å². The van der Waals surface area contributed by atoms with Crippen LogP contribution >= 0.6 is 0 Å². The Bertz CT molecular complexity index is 483. The molecule has 0 bridgehead atoms. The van der Waals surface area contributed by atoms with Crippen LogP contribution < -0.4 is 10.6 Å². The summed E-state index contributed by atoms with van der Waals surface area (Å²) in [6.45, 7) is 2.59. The molecule has 0 heterocycles. The second-order valence-corrected chi connectivity index (χ2v) is 8.41. The number of nitrogens with one attached hydrogen (secondary N) is 2. The highest BCUT2D eigenvalue weighted by Gasteiger charge is 2.29. The molecule has 122 valence electrons. The molecule has 1 unspecified atom stereocenters. The van der Waals surface area contributed by atoms with E-state index in [9.17, 15) is 18.0 Å². The lowest BCUT2D eigenvalue weighted by Crippen LogP contribution is -2.48. The van der Waals surface area contributed by atoms with E-state index < -0.39 is 27.9 Å². The smallest absolute Gasteiger partial charge is 0.326 e. The zero-order valence-electron chi connectivity index (χ0n) is 12.5. The number of aliphatic carboxylic acids is 1. The molecule has 0 aliphatic heterocycles. The molecular formula is C13H24N2O5S. The van der Waals surface area contributed by atoms with Crippen LogP contribution in [0.5, 0.6) is 0 Å². The fourth-order valence-corrected chi connectivity index (χ4v) is 3.16. The lowest BCUT2D eigenvalue weighted by Gasteiger charge is -2.24. The minimum absolute atomic E-state index is 0.0722. The molecule has 0 aromatic carbocycles. The van der Waals surface area contributed by atoms with E-state index in [0.717, 1.165) is 31.9 Å². The average Bonchev–Trinajstić information content (AvgIpc) is 2.78. The second kappa shape index (κ2) is 7.11. The van der Waals surface area contributed by atoms with Gasteiger partial charge < -0.3 is 15.7 Å². The zero-order valence-corrected chi connectivity index (χ0v) is 13.3. The Morgan fingerprint density at radius 2 is 1.86 bits per heavy atom. The Kier molecular flexibility index (Phi) is 6.00. The summed E-state index contributed by atoms with van der Waals surface area (Å²) >= 11 is 0. The molecule has 1 rings (SSSR count). The standard InChI is InChI=1S/C13H24N2O5S/c1-13(6-3-4-7-13)9-14-12(18)15-10(11(16)17)5-8-21(2,19)20/h10H,3-9H2,1-2H3,(H,16,17)(H2,14,15,18). The van der Waals surface area contributed by atoms with Crippen LogP contribution in [0, 0.1) is 5.41 Å². The highest BCUT2D eigenvalue weighted by molar-refractivity contribution is 7.90. The first-order valence-electron chi connectivity index (χ1n) is 7.06. The van der Waals surface area contributed by atoms with Gasteiger partial charge >= 0.3 is 12.0 Å². The first kappa shape index (κ1) is 17.7. The first-order valence-corrected chi connectivity index (χ1v) is 9.12. The van der Waals surface area contributed by atoms with Crippen molar-refractivity contribution in [2.45, 2.75) is 45.1 Å². The van der Waals surface area contributed by atoms with E-state index in [-0.39, 0.29) is 17.6 Å². The maximum absolute atomic E-state index is 11.7. The third-order valence-electron chi connectivity index (χ3n) is 3.87. The Balaban J connectivity index is 2.43. The van der Waals surface area contributed by atoms with E-state index in [4.69, 9.17) is 5.11 Å². The van der Waals surface area contributed by atoms with Gasteiger partial charge in [0.25, 0.3) is 0 Å². The first-order chi connectivity index (χ1) is 9.61. The summed E-state index contributed by atoms with van der Waals surface area (Å²) in [5.74, 6) is -1.51. The number of carbonyl (C=O) groups is 2. The summed E-state index contributed by atoms with van der Waals surface area (Å²) in [5.41, 5.74) is 0.0722. The van der Waals surface area contributed by atoms with E-state index >= 15 is 0 Å². The number of sulfone groups is 1. The largest absolute Gasteiger partial charge is 0.480 e. The minimum Gasteiger partial charge on any atom is -0.480 e. The van der Waals surface area contributed by atoms with Crippen LogP contribution in [0.15, 0.2) is 0 Å². The lowest BCUT2D eigenvalue weighted by molar-refractivity contribution is -0.139. The van der Waals surface area contributed by atoms with Crippen molar-refractivity contribution in [3.05, 3.63) is 0 Å². The van der Waals surface area contributed by atoms with Crippen LogP contribution in [0.2, 0.25) is 0 Å². The molecule has 1 fully saturated rings. The SMILES string of the molecule is CC1(CNC(=O)NC(CCS(C)(=O)=O)C(=O)O)CCCC1. The number of carboxylic acid groups (broad SMARTS) is 1. The lowest BCUT2D eigenvalue weighted by atomic mass is 9.89. The van der Waals surface area contributed by atoms with Gasteiger partial charge in [0.15, 0.2) is 0 Å². The Hall–Kier alpha value is -1.31. The highest BCUT2D eigenvalue weighted by atomic mass is 32.2. The maximum atomic E-state index is 11.7. The summed E-state index contributed by atoms with van der Waals surface area (Å²) in [6.07, 6.45) is 5.27. The Morgan fingerprint density at radius 1 is 1.29 bits per heavy atom. The summed E-state index contributed by atoms with van der Waals surface area (Å²) in [7, 11) is -3.26. The molecule has 0 spiro atoms. The summed E-state index contributed by atoms with van der Waals surface area (Å²) in [6, 6.07) is -1.76. The molecule has 0 radical (unpaired) electrons. The van der Waals surface area contributed by atoms with Gasteiger partial charge in [-0.25, -0.2) is 18.0 Å². The van der Waals surface area contributed by atoms with Gasteiger partial charge in [-0.05, 0) is 24.7 Å². The molecule has 3 N–H and O–H groups in total. The molecule has 2 amide bonds. The van der Waals surface area contributed by atoms with Crippen LogP contribution in [0.1, 0.15) is 39.0 Å². The average molecular weight is 320 g/mol. The molecule has 7 nitrogen and oxygen atoms in total. The number of carbonyl (C=O) groups excluding carboxylic acids is 1. The van der Waals surface area contributed by atoms with Crippen molar-refractivity contribution in [1.29, 1.82) is 0 Å². The van der Waals surface area contributed by atoms with Gasteiger partial charge in [-0.1, -0.05) is 19.8 Å². The molecule has 0 saturated heterocycles. The summed E-state index contributed by atoms with van der Waals surface area (Å²) in [5, 5.41) is 14.0. The Morgan fingerprint density at radius 3 is 2.33 bits per heavy atom. The normalized spacial score (nSPS) is 19.0. The van der Waals surface area contributed by atoms with Crippen LogP contribution in [-0.4, -0.2) is 50.1 Å². The van der Waals surface area contributed by atoms with Crippen molar-refractivity contribution in [1.82, 2.24) is 10.6 Å². The summed E-state index contributed by atoms with van der Waals surface area (Å²) < 4.78 is 22.1. The van der Waals surface area contributed by atoms with Crippen LogP contribution in [0.25, 0.3) is 0 Å². The van der Waals surface area contributed by atoms with Crippen molar-refractivity contribution in [2.75, 3.05) is 18.6 Å². The van der Waals surface area contributed by atoms with Crippen molar-refractivity contribution >= 4 is 21.8 Å². The number of hydrogen-bond donors (Lipinski definition) is 3. The van der Waals surface area contributed by atoms with Crippen LogP contribution in [0.4, 0.5) is 4.79 Å². The molecule has 0 aromatic rings. The van der Waals surface area contributed by atoms with Gasteiger partial charge in [-0.15, -0.1) is 0 Å². The third-order valence-corrected chi connectivity index (χ3v) is 4.84. The summed E-state index contributed by atoms with van der Waals surface area (Å²) in [4.78, 5) is 22.8. The van der Waals surface area contributed by atoms with E-state index in [0.29, 0.717) is 6.54 Å². The highest BCUT2D eigenvalue weighted by Crippen LogP contribution is 2.36. The second-order valence-electron chi connectivity index (χ2n) is 6.15. The predicted octanol–water partition coefficient (Wildman–Crippen LogP) is 0.754. The van der Waals surface area contributed by atoms with E-state index in [1.165, 1.54) is 0 Å². The monoisotopic (exact) mass is 320 g/mol. The van der Waals surface area contributed by atoms with Gasteiger partial charge in [0.2, 0.25) is 0 Å². The fraction of sp³-hybridized carbons (Fsp3) is 0.846. The van der Waals surface area contributed by atoms with Crippen LogP contribution in [0.3, 0.4) is 0 Å². The minimum atomic E-state index is -3.26. The number of carboxylic acids is 1. The van der Waals surface area contributed by atoms with Gasteiger partial charge in [-0.2, -0.15) is 0 Å². The topological polar surface area (TPSA) is 113 Å². The van der Waals surface area contributed by atoms with Crippen molar-refractivity contribution in [2.24, 2.45) is 5.41 Å². The van der Waals surface area contributed by atoms with Gasteiger partial charge in [-0.3, -0.25) is 0 Å².